The van der Waals surface area contributed by atoms with Crippen LogP contribution in [0.4, 0.5) is 8.78 Å². The summed E-state index contributed by atoms with van der Waals surface area (Å²) >= 11 is 0. The lowest BCUT2D eigenvalue weighted by molar-refractivity contribution is 0.217. The fourth-order valence-electron chi connectivity index (χ4n) is 3.56. The van der Waals surface area contributed by atoms with Crippen molar-refractivity contribution >= 4 is 0 Å². The maximum Gasteiger partial charge on any atom is 0.165 e. The van der Waals surface area contributed by atoms with E-state index in [1.54, 1.807) is 12.1 Å². The Labute approximate surface area is 186 Å². The van der Waals surface area contributed by atoms with E-state index < -0.39 is 12.0 Å². The van der Waals surface area contributed by atoms with E-state index in [1.807, 2.05) is 12.4 Å². The molecule has 1 aromatic carbocycles. The van der Waals surface area contributed by atoms with Crippen molar-refractivity contribution in [2.75, 3.05) is 6.61 Å². The standard InChI is InChI=1S/C26H38F2N2O/c1-3-5-7-9-10-12-21-19-29-26(30-20-21)22-14-15-25(24(28)18-22)31-17-16-23(27)13-11-8-6-4-2/h14-15,18-20,23H,3-13,16-17H2,1-2H3. The smallest absolute Gasteiger partial charge is 0.165 e. The first kappa shape index (κ1) is 25.2. The van der Waals surface area contributed by atoms with Gasteiger partial charge in [-0.25, -0.2) is 18.7 Å². The van der Waals surface area contributed by atoms with Crippen LogP contribution in [0.25, 0.3) is 11.4 Å². The van der Waals surface area contributed by atoms with E-state index in [0.717, 1.165) is 44.1 Å². The molecular formula is C26H38F2N2O. The van der Waals surface area contributed by atoms with Crippen LogP contribution in [0.1, 0.15) is 90.0 Å². The fourth-order valence-corrected chi connectivity index (χ4v) is 3.56. The van der Waals surface area contributed by atoms with Crippen molar-refractivity contribution in [2.45, 2.75) is 97.1 Å². The van der Waals surface area contributed by atoms with E-state index in [9.17, 15) is 8.78 Å². The van der Waals surface area contributed by atoms with E-state index in [1.165, 1.54) is 31.7 Å². The maximum atomic E-state index is 14.4. The lowest BCUT2D eigenvalue weighted by atomic mass is 10.1. The van der Waals surface area contributed by atoms with Gasteiger partial charge in [0.05, 0.1) is 6.61 Å². The van der Waals surface area contributed by atoms with E-state index in [0.29, 0.717) is 17.8 Å². The van der Waals surface area contributed by atoms with Crippen molar-refractivity contribution in [3.63, 3.8) is 0 Å². The molecule has 0 amide bonds. The van der Waals surface area contributed by atoms with E-state index in [4.69, 9.17) is 4.74 Å². The second kappa shape index (κ2) is 14.9. The summed E-state index contributed by atoms with van der Waals surface area (Å²) in [6.07, 6.45) is 15.0. The monoisotopic (exact) mass is 432 g/mol. The summed E-state index contributed by atoms with van der Waals surface area (Å²) in [7, 11) is 0. The summed E-state index contributed by atoms with van der Waals surface area (Å²) in [5.74, 6) is 0.168. The van der Waals surface area contributed by atoms with Crippen molar-refractivity contribution in [3.8, 4) is 17.1 Å². The molecule has 0 aliphatic carbocycles. The summed E-state index contributed by atoms with van der Waals surface area (Å²) < 4.78 is 33.8. The third-order valence-corrected chi connectivity index (χ3v) is 5.52. The number of nitrogens with zero attached hydrogens (tertiary/aromatic N) is 2. The Morgan fingerprint density at radius 1 is 0.871 bits per heavy atom. The third kappa shape index (κ3) is 9.75. The second-order valence-electron chi connectivity index (χ2n) is 8.31. The molecule has 5 heteroatoms. The molecule has 1 unspecified atom stereocenters. The molecule has 1 atom stereocenters. The SMILES string of the molecule is CCCCCCCc1cnc(-c2ccc(OCCC(F)CCCCCC)c(F)c2)nc1. The summed E-state index contributed by atoms with van der Waals surface area (Å²) in [4.78, 5) is 8.79. The molecule has 172 valence electrons. The Kier molecular flexibility index (Phi) is 12.1. The van der Waals surface area contributed by atoms with Gasteiger partial charge in [0.2, 0.25) is 0 Å². The molecule has 0 radical (unpaired) electrons. The number of aryl methyl sites for hydroxylation is 1. The van der Waals surface area contributed by atoms with E-state index >= 15 is 0 Å². The minimum Gasteiger partial charge on any atom is -0.490 e. The highest BCUT2D eigenvalue weighted by atomic mass is 19.1. The zero-order valence-electron chi connectivity index (χ0n) is 19.2. The first-order valence-corrected chi connectivity index (χ1v) is 12.0. The Morgan fingerprint density at radius 2 is 1.55 bits per heavy atom. The predicted octanol–water partition coefficient (Wildman–Crippen LogP) is 7.87. The normalized spacial score (nSPS) is 12.1. The first-order chi connectivity index (χ1) is 15.1. The minimum atomic E-state index is -0.891. The highest BCUT2D eigenvalue weighted by Gasteiger charge is 2.11. The number of aromatic nitrogens is 2. The van der Waals surface area contributed by atoms with Crippen molar-refractivity contribution in [1.29, 1.82) is 0 Å². The highest BCUT2D eigenvalue weighted by Crippen LogP contribution is 2.24. The molecule has 0 saturated carbocycles. The Morgan fingerprint density at radius 3 is 2.23 bits per heavy atom. The molecule has 0 bridgehead atoms. The molecule has 0 N–H and O–H groups in total. The average molecular weight is 433 g/mol. The molecule has 0 fully saturated rings. The third-order valence-electron chi connectivity index (χ3n) is 5.52. The molecule has 0 spiro atoms. The highest BCUT2D eigenvalue weighted by molar-refractivity contribution is 5.56. The minimum absolute atomic E-state index is 0.144. The molecule has 2 aromatic rings. The predicted molar refractivity (Wildman–Crippen MR) is 124 cm³/mol. The molecule has 0 aliphatic rings. The number of ether oxygens (including phenoxy) is 1. The summed E-state index contributed by atoms with van der Waals surface area (Å²) in [6, 6.07) is 4.70. The van der Waals surface area contributed by atoms with Crippen LogP contribution in [0.5, 0.6) is 5.75 Å². The van der Waals surface area contributed by atoms with E-state index in [-0.39, 0.29) is 18.8 Å². The Bertz CT molecular complexity index is 737. The number of hydrogen-bond donors (Lipinski definition) is 0. The lowest BCUT2D eigenvalue weighted by Crippen LogP contribution is -2.08. The lowest BCUT2D eigenvalue weighted by Gasteiger charge is -2.11. The van der Waals surface area contributed by atoms with Gasteiger partial charge in [-0.1, -0.05) is 65.2 Å². The molecule has 0 aliphatic heterocycles. The summed E-state index contributed by atoms with van der Waals surface area (Å²) in [5.41, 5.74) is 1.72. The number of unbranched alkanes of at least 4 members (excludes halogenated alkanes) is 7. The van der Waals surface area contributed by atoms with Crippen LogP contribution >= 0.6 is 0 Å². The zero-order valence-corrected chi connectivity index (χ0v) is 19.2. The van der Waals surface area contributed by atoms with E-state index in [2.05, 4.69) is 23.8 Å². The number of rotatable bonds is 16. The average Bonchev–Trinajstić information content (AvgIpc) is 2.78. The van der Waals surface area contributed by atoms with Crippen LogP contribution in [0.3, 0.4) is 0 Å². The van der Waals surface area contributed by atoms with Gasteiger partial charge in [0.25, 0.3) is 0 Å². The van der Waals surface area contributed by atoms with Crippen molar-refractivity contribution in [3.05, 3.63) is 42.0 Å². The topological polar surface area (TPSA) is 35.0 Å². The molecule has 2 rings (SSSR count). The first-order valence-electron chi connectivity index (χ1n) is 12.0. The van der Waals surface area contributed by atoms with Crippen molar-refractivity contribution in [2.24, 2.45) is 0 Å². The maximum absolute atomic E-state index is 14.4. The van der Waals surface area contributed by atoms with Crippen LogP contribution in [0.2, 0.25) is 0 Å². The number of halogens is 2. The van der Waals surface area contributed by atoms with Crippen molar-refractivity contribution in [1.82, 2.24) is 9.97 Å². The molecule has 31 heavy (non-hydrogen) atoms. The van der Waals surface area contributed by atoms with Crippen LogP contribution in [0.15, 0.2) is 30.6 Å². The van der Waals surface area contributed by atoms with Gasteiger partial charge in [-0.15, -0.1) is 0 Å². The van der Waals surface area contributed by atoms with Crippen LogP contribution < -0.4 is 4.74 Å². The summed E-state index contributed by atoms with van der Waals surface area (Å²) in [5, 5.41) is 0. The van der Waals surface area contributed by atoms with Gasteiger partial charge in [-0.05, 0) is 43.0 Å². The van der Waals surface area contributed by atoms with Gasteiger partial charge >= 0.3 is 0 Å². The molecule has 1 aromatic heterocycles. The number of alkyl halides is 1. The molecule has 3 nitrogen and oxygen atoms in total. The van der Waals surface area contributed by atoms with Gasteiger partial charge < -0.3 is 4.74 Å². The van der Waals surface area contributed by atoms with Gasteiger partial charge in [0.15, 0.2) is 17.4 Å². The largest absolute Gasteiger partial charge is 0.490 e. The zero-order chi connectivity index (χ0) is 22.3. The number of benzene rings is 1. The quantitative estimate of drug-likeness (QED) is 0.253. The molecule has 1 heterocycles. The van der Waals surface area contributed by atoms with Crippen LogP contribution in [-0.2, 0) is 6.42 Å². The van der Waals surface area contributed by atoms with Gasteiger partial charge in [-0.2, -0.15) is 0 Å². The summed E-state index contributed by atoms with van der Waals surface area (Å²) in [6.45, 7) is 4.52. The fraction of sp³-hybridized carbons (Fsp3) is 0.615. The van der Waals surface area contributed by atoms with Crippen LogP contribution in [0, 0.1) is 5.82 Å². The van der Waals surface area contributed by atoms with Crippen LogP contribution in [-0.4, -0.2) is 22.7 Å². The van der Waals surface area contributed by atoms with Crippen molar-refractivity contribution < 1.29 is 13.5 Å². The molecular weight excluding hydrogens is 394 g/mol. The Hall–Kier alpha value is -2.04. The number of hydrogen-bond acceptors (Lipinski definition) is 3. The van der Waals surface area contributed by atoms with Gasteiger partial charge in [0, 0.05) is 24.4 Å². The molecule has 0 saturated heterocycles. The van der Waals surface area contributed by atoms with Gasteiger partial charge in [-0.3, -0.25) is 0 Å². The second-order valence-corrected chi connectivity index (χ2v) is 8.31. The van der Waals surface area contributed by atoms with Gasteiger partial charge in [0.1, 0.15) is 6.17 Å². The Balaban J connectivity index is 1.78.